The standard InChI is InChI=1S/C9H13NO.C2H6/c1-7-4-5-9(11-3)8(6-7)10-2;1-2/h4-6,10H,1-3H3;1-2H3. The third-order valence-corrected chi connectivity index (χ3v) is 1.62. The Morgan fingerprint density at radius 3 is 2.31 bits per heavy atom. The molecule has 1 rings (SSSR count). The van der Waals surface area contributed by atoms with Gasteiger partial charge in [0.25, 0.3) is 0 Å². The number of anilines is 1. The van der Waals surface area contributed by atoms with Crippen molar-refractivity contribution in [2.75, 3.05) is 19.5 Å². The molecule has 0 amide bonds. The maximum Gasteiger partial charge on any atom is 0.141 e. The van der Waals surface area contributed by atoms with Gasteiger partial charge in [0.05, 0.1) is 12.8 Å². The monoisotopic (exact) mass is 181 g/mol. The van der Waals surface area contributed by atoms with Crippen LogP contribution in [0.25, 0.3) is 0 Å². The smallest absolute Gasteiger partial charge is 0.141 e. The molecule has 2 nitrogen and oxygen atoms in total. The van der Waals surface area contributed by atoms with Gasteiger partial charge >= 0.3 is 0 Å². The second kappa shape index (κ2) is 6.35. The molecule has 1 aromatic carbocycles. The second-order valence-electron chi connectivity index (χ2n) is 2.45. The zero-order chi connectivity index (χ0) is 10.3. The molecule has 0 aliphatic heterocycles. The maximum absolute atomic E-state index is 5.13. The minimum atomic E-state index is 0.887. The summed E-state index contributed by atoms with van der Waals surface area (Å²) in [6.07, 6.45) is 0. The number of rotatable bonds is 2. The zero-order valence-electron chi connectivity index (χ0n) is 9.14. The highest BCUT2D eigenvalue weighted by molar-refractivity contribution is 5.57. The minimum Gasteiger partial charge on any atom is -0.495 e. The normalized spacial score (nSPS) is 8.38. The Labute approximate surface area is 80.9 Å². The molecule has 1 N–H and O–H groups in total. The average molecular weight is 181 g/mol. The van der Waals surface area contributed by atoms with Gasteiger partial charge < -0.3 is 10.1 Å². The SMILES string of the molecule is CC.CNc1cc(C)ccc1OC. The van der Waals surface area contributed by atoms with Crippen molar-refractivity contribution in [2.24, 2.45) is 0 Å². The van der Waals surface area contributed by atoms with Crippen LogP contribution in [0.2, 0.25) is 0 Å². The number of methoxy groups -OCH3 is 1. The Kier molecular flexibility index (Phi) is 5.77. The van der Waals surface area contributed by atoms with Gasteiger partial charge in [-0.25, -0.2) is 0 Å². The Morgan fingerprint density at radius 1 is 1.23 bits per heavy atom. The van der Waals surface area contributed by atoms with E-state index in [4.69, 9.17) is 4.74 Å². The van der Waals surface area contributed by atoms with Crippen LogP contribution in [-0.2, 0) is 0 Å². The molecule has 0 aliphatic carbocycles. The second-order valence-corrected chi connectivity index (χ2v) is 2.45. The largest absolute Gasteiger partial charge is 0.495 e. The van der Waals surface area contributed by atoms with Crippen LogP contribution < -0.4 is 10.1 Å². The molecule has 0 atom stereocenters. The summed E-state index contributed by atoms with van der Waals surface area (Å²) in [5, 5.41) is 3.06. The summed E-state index contributed by atoms with van der Waals surface area (Å²) in [5.41, 5.74) is 2.27. The lowest BCUT2D eigenvalue weighted by Gasteiger charge is -2.07. The number of ether oxygens (including phenoxy) is 1. The molecule has 0 bridgehead atoms. The van der Waals surface area contributed by atoms with Gasteiger partial charge in [0.15, 0.2) is 0 Å². The Hall–Kier alpha value is -1.18. The molecule has 0 heterocycles. The van der Waals surface area contributed by atoms with Crippen LogP contribution in [0.15, 0.2) is 18.2 Å². The fraction of sp³-hybridized carbons (Fsp3) is 0.455. The predicted octanol–water partition coefficient (Wildman–Crippen LogP) is 3.07. The fourth-order valence-electron chi connectivity index (χ4n) is 1.02. The first-order valence-electron chi connectivity index (χ1n) is 4.60. The van der Waals surface area contributed by atoms with Gasteiger partial charge in [-0.1, -0.05) is 19.9 Å². The number of aryl methyl sites for hydroxylation is 1. The van der Waals surface area contributed by atoms with Crippen LogP contribution in [0.1, 0.15) is 19.4 Å². The molecule has 0 saturated carbocycles. The highest BCUT2D eigenvalue weighted by Crippen LogP contribution is 2.23. The fourth-order valence-corrected chi connectivity index (χ4v) is 1.02. The van der Waals surface area contributed by atoms with Gasteiger partial charge in [-0.3, -0.25) is 0 Å². The van der Waals surface area contributed by atoms with Gasteiger partial charge in [0, 0.05) is 7.05 Å². The molecular weight excluding hydrogens is 162 g/mol. The van der Waals surface area contributed by atoms with E-state index in [-0.39, 0.29) is 0 Å². The van der Waals surface area contributed by atoms with Crippen molar-refractivity contribution in [1.29, 1.82) is 0 Å². The molecule has 2 heteroatoms. The Bertz CT molecular complexity index is 246. The van der Waals surface area contributed by atoms with Gasteiger partial charge in [-0.05, 0) is 24.6 Å². The maximum atomic E-state index is 5.13. The summed E-state index contributed by atoms with van der Waals surface area (Å²) in [6, 6.07) is 6.04. The molecule has 0 saturated heterocycles. The molecule has 1 aromatic rings. The number of hydrogen-bond acceptors (Lipinski definition) is 2. The first kappa shape index (κ1) is 11.8. The lowest BCUT2D eigenvalue weighted by Crippen LogP contribution is -1.93. The molecule has 0 spiro atoms. The van der Waals surface area contributed by atoms with Gasteiger partial charge in [0.1, 0.15) is 5.75 Å². The highest BCUT2D eigenvalue weighted by atomic mass is 16.5. The van der Waals surface area contributed by atoms with Crippen molar-refractivity contribution in [1.82, 2.24) is 0 Å². The molecule has 0 aliphatic rings. The summed E-state index contributed by atoms with van der Waals surface area (Å²) >= 11 is 0. The van der Waals surface area contributed by atoms with E-state index in [2.05, 4.69) is 18.3 Å². The van der Waals surface area contributed by atoms with Gasteiger partial charge in [0.2, 0.25) is 0 Å². The molecule has 13 heavy (non-hydrogen) atoms. The van der Waals surface area contributed by atoms with Crippen LogP contribution >= 0.6 is 0 Å². The molecule has 0 aromatic heterocycles. The first-order chi connectivity index (χ1) is 6.27. The molecule has 0 radical (unpaired) electrons. The lowest BCUT2D eigenvalue weighted by molar-refractivity contribution is 0.416. The Morgan fingerprint density at radius 2 is 1.85 bits per heavy atom. The van der Waals surface area contributed by atoms with Crippen LogP contribution in [-0.4, -0.2) is 14.2 Å². The quantitative estimate of drug-likeness (QED) is 0.757. The summed E-state index contributed by atoms with van der Waals surface area (Å²) in [4.78, 5) is 0. The number of benzene rings is 1. The third kappa shape index (κ3) is 3.36. The first-order valence-corrected chi connectivity index (χ1v) is 4.60. The van der Waals surface area contributed by atoms with Crippen molar-refractivity contribution in [3.05, 3.63) is 23.8 Å². The van der Waals surface area contributed by atoms with Crippen LogP contribution in [0.5, 0.6) is 5.75 Å². The summed E-state index contributed by atoms with van der Waals surface area (Å²) in [7, 11) is 3.56. The predicted molar refractivity (Wildman–Crippen MR) is 58.6 cm³/mol. The lowest BCUT2D eigenvalue weighted by atomic mass is 10.2. The van der Waals surface area contributed by atoms with Crippen molar-refractivity contribution >= 4 is 5.69 Å². The van der Waals surface area contributed by atoms with E-state index in [1.165, 1.54) is 5.56 Å². The molecule has 0 fully saturated rings. The van der Waals surface area contributed by atoms with E-state index in [1.807, 2.05) is 33.0 Å². The van der Waals surface area contributed by atoms with E-state index in [0.717, 1.165) is 11.4 Å². The number of nitrogens with one attached hydrogen (secondary N) is 1. The third-order valence-electron chi connectivity index (χ3n) is 1.62. The van der Waals surface area contributed by atoms with Crippen molar-refractivity contribution in [3.8, 4) is 5.75 Å². The average Bonchev–Trinajstić information content (AvgIpc) is 2.20. The van der Waals surface area contributed by atoms with Crippen LogP contribution in [0.3, 0.4) is 0 Å². The van der Waals surface area contributed by atoms with E-state index >= 15 is 0 Å². The van der Waals surface area contributed by atoms with Crippen molar-refractivity contribution in [2.45, 2.75) is 20.8 Å². The Balaban J connectivity index is 0.000000671. The van der Waals surface area contributed by atoms with Crippen molar-refractivity contribution < 1.29 is 4.74 Å². The van der Waals surface area contributed by atoms with E-state index in [1.54, 1.807) is 7.11 Å². The summed E-state index contributed by atoms with van der Waals surface area (Å²) < 4.78 is 5.13. The summed E-state index contributed by atoms with van der Waals surface area (Å²) in [6.45, 7) is 6.06. The van der Waals surface area contributed by atoms with Crippen LogP contribution in [0, 0.1) is 6.92 Å². The molecule has 74 valence electrons. The van der Waals surface area contributed by atoms with E-state index < -0.39 is 0 Å². The van der Waals surface area contributed by atoms with Gasteiger partial charge in [-0.2, -0.15) is 0 Å². The zero-order valence-corrected chi connectivity index (χ0v) is 9.14. The van der Waals surface area contributed by atoms with E-state index in [0.29, 0.717) is 0 Å². The van der Waals surface area contributed by atoms with Gasteiger partial charge in [-0.15, -0.1) is 0 Å². The molecule has 0 unspecified atom stereocenters. The van der Waals surface area contributed by atoms with Crippen LogP contribution in [0.4, 0.5) is 5.69 Å². The highest BCUT2D eigenvalue weighted by Gasteiger charge is 1.98. The topological polar surface area (TPSA) is 21.3 Å². The van der Waals surface area contributed by atoms with Crippen molar-refractivity contribution in [3.63, 3.8) is 0 Å². The number of hydrogen-bond donors (Lipinski definition) is 1. The van der Waals surface area contributed by atoms with E-state index in [9.17, 15) is 0 Å². The minimum absolute atomic E-state index is 0.887. The molecular formula is C11H19NO. The summed E-state index contributed by atoms with van der Waals surface area (Å²) in [5.74, 6) is 0.887.